The number of hydrogen-bond acceptors (Lipinski definition) is 3. The highest BCUT2D eigenvalue weighted by Gasteiger charge is 2.23. The van der Waals surface area contributed by atoms with Gasteiger partial charge in [0.15, 0.2) is 0 Å². The Balaban J connectivity index is 2.17. The van der Waals surface area contributed by atoms with Gasteiger partial charge < -0.3 is 4.74 Å². The number of rotatable bonds is 6. The number of nitrogens with zero attached hydrogens (tertiary/aromatic N) is 2. The van der Waals surface area contributed by atoms with Gasteiger partial charge in [-0.3, -0.25) is 9.88 Å². The van der Waals surface area contributed by atoms with Gasteiger partial charge in [0.25, 0.3) is 0 Å². The number of halogens is 1. The van der Waals surface area contributed by atoms with E-state index in [-0.39, 0.29) is 0 Å². The number of ether oxygens (including phenoxy) is 1. The first-order valence-corrected chi connectivity index (χ1v) is 8.58. The quantitative estimate of drug-likeness (QED) is 0.735. The van der Waals surface area contributed by atoms with Crippen LogP contribution in [0.15, 0.2) is 6.20 Å². The fourth-order valence-electron chi connectivity index (χ4n) is 3.19. The molecule has 1 aliphatic carbocycles. The molecule has 0 aromatic carbocycles. The van der Waals surface area contributed by atoms with E-state index in [2.05, 4.69) is 39.7 Å². The van der Waals surface area contributed by atoms with Crippen molar-refractivity contribution >= 4 is 15.9 Å². The molecule has 1 fully saturated rings. The van der Waals surface area contributed by atoms with Crippen LogP contribution in [0.25, 0.3) is 0 Å². The first kappa shape index (κ1) is 15.8. The SMILES string of the molecule is COc1c(C)cnc(CN(CCBr)C2CCCC2)c1C. The zero-order valence-electron chi connectivity index (χ0n) is 12.8. The van der Waals surface area contributed by atoms with Gasteiger partial charge in [-0.25, -0.2) is 0 Å². The van der Waals surface area contributed by atoms with Crippen molar-refractivity contribution < 1.29 is 4.74 Å². The van der Waals surface area contributed by atoms with Crippen molar-refractivity contribution in [1.29, 1.82) is 0 Å². The van der Waals surface area contributed by atoms with Gasteiger partial charge in [-0.1, -0.05) is 28.8 Å². The van der Waals surface area contributed by atoms with E-state index in [9.17, 15) is 0 Å². The minimum Gasteiger partial charge on any atom is -0.496 e. The van der Waals surface area contributed by atoms with E-state index < -0.39 is 0 Å². The van der Waals surface area contributed by atoms with Gasteiger partial charge in [0.2, 0.25) is 0 Å². The maximum absolute atomic E-state index is 5.52. The highest BCUT2D eigenvalue weighted by Crippen LogP contribution is 2.28. The van der Waals surface area contributed by atoms with Crippen molar-refractivity contribution in [3.8, 4) is 5.75 Å². The molecule has 2 rings (SSSR count). The van der Waals surface area contributed by atoms with Crippen molar-refractivity contribution in [3.05, 3.63) is 23.0 Å². The van der Waals surface area contributed by atoms with Gasteiger partial charge in [0, 0.05) is 41.8 Å². The van der Waals surface area contributed by atoms with Crippen LogP contribution in [0.2, 0.25) is 0 Å². The molecule has 0 saturated heterocycles. The van der Waals surface area contributed by atoms with Crippen LogP contribution in [0.1, 0.15) is 42.5 Å². The summed E-state index contributed by atoms with van der Waals surface area (Å²) < 4.78 is 5.52. The minimum atomic E-state index is 0.723. The third kappa shape index (κ3) is 3.53. The average Bonchev–Trinajstić information content (AvgIpc) is 2.95. The average molecular weight is 341 g/mol. The van der Waals surface area contributed by atoms with Gasteiger partial charge in [0.05, 0.1) is 12.8 Å². The lowest BCUT2D eigenvalue weighted by atomic mass is 10.1. The molecule has 0 bridgehead atoms. The number of alkyl halides is 1. The highest BCUT2D eigenvalue weighted by atomic mass is 79.9. The number of hydrogen-bond donors (Lipinski definition) is 0. The molecule has 1 aliphatic rings. The normalized spacial score (nSPS) is 16.1. The summed E-state index contributed by atoms with van der Waals surface area (Å²) in [7, 11) is 1.74. The summed E-state index contributed by atoms with van der Waals surface area (Å²) in [6.45, 7) is 6.19. The number of pyridine rings is 1. The van der Waals surface area contributed by atoms with Crippen molar-refractivity contribution in [2.75, 3.05) is 19.0 Å². The van der Waals surface area contributed by atoms with E-state index in [1.165, 1.54) is 31.2 Å². The summed E-state index contributed by atoms with van der Waals surface area (Å²) in [5, 5.41) is 1.02. The first-order chi connectivity index (χ1) is 9.67. The molecule has 112 valence electrons. The molecule has 1 aromatic heterocycles. The van der Waals surface area contributed by atoms with Crippen molar-refractivity contribution in [3.63, 3.8) is 0 Å². The maximum Gasteiger partial charge on any atom is 0.128 e. The van der Waals surface area contributed by atoms with E-state index >= 15 is 0 Å². The molecule has 0 spiro atoms. The lowest BCUT2D eigenvalue weighted by Gasteiger charge is -2.28. The third-order valence-electron chi connectivity index (χ3n) is 4.32. The first-order valence-electron chi connectivity index (χ1n) is 7.46. The number of methoxy groups -OCH3 is 1. The minimum absolute atomic E-state index is 0.723. The number of aryl methyl sites for hydroxylation is 1. The van der Waals surface area contributed by atoms with E-state index in [4.69, 9.17) is 4.74 Å². The maximum atomic E-state index is 5.52. The topological polar surface area (TPSA) is 25.4 Å². The van der Waals surface area contributed by atoms with Crippen LogP contribution in [0.3, 0.4) is 0 Å². The molecule has 0 atom stereocenters. The van der Waals surface area contributed by atoms with Gasteiger partial charge in [-0.2, -0.15) is 0 Å². The van der Waals surface area contributed by atoms with Crippen LogP contribution in [0, 0.1) is 13.8 Å². The molecule has 0 unspecified atom stereocenters. The number of aromatic nitrogens is 1. The molecule has 0 amide bonds. The Morgan fingerprint density at radius 1 is 1.35 bits per heavy atom. The second-order valence-corrected chi connectivity index (χ2v) is 6.44. The van der Waals surface area contributed by atoms with Crippen LogP contribution >= 0.6 is 15.9 Å². The smallest absolute Gasteiger partial charge is 0.128 e. The summed E-state index contributed by atoms with van der Waals surface area (Å²) in [6, 6.07) is 0.723. The summed E-state index contributed by atoms with van der Waals surface area (Å²) >= 11 is 3.58. The second kappa shape index (κ2) is 7.41. The molecule has 4 heteroatoms. The molecule has 20 heavy (non-hydrogen) atoms. The largest absolute Gasteiger partial charge is 0.496 e. The Kier molecular flexibility index (Phi) is 5.85. The van der Waals surface area contributed by atoms with E-state index in [1.54, 1.807) is 7.11 Å². The summed E-state index contributed by atoms with van der Waals surface area (Å²) in [5.74, 6) is 0.986. The van der Waals surface area contributed by atoms with Crippen LogP contribution in [0.4, 0.5) is 0 Å². The Morgan fingerprint density at radius 2 is 2.05 bits per heavy atom. The van der Waals surface area contributed by atoms with Gasteiger partial charge in [0.1, 0.15) is 5.75 Å². The predicted molar refractivity (Wildman–Crippen MR) is 86.7 cm³/mol. The van der Waals surface area contributed by atoms with Crippen LogP contribution < -0.4 is 4.74 Å². The molecule has 0 aliphatic heterocycles. The lowest BCUT2D eigenvalue weighted by molar-refractivity contribution is 0.199. The van der Waals surface area contributed by atoms with Crippen molar-refractivity contribution in [2.24, 2.45) is 0 Å². The second-order valence-electron chi connectivity index (χ2n) is 5.64. The van der Waals surface area contributed by atoms with Crippen molar-refractivity contribution in [2.45, 2.75) is 52.1 Å². The zero-order valence-corrected chi connectivity index (χ0v) is 14.4. The molecule has 1 aromatic rings. The molecular formula is C16H25BrN2O. The van der Waals surface area contributed by atoms with Crippen LogP contribution in [-0.4, -0.2) is 34.9 Å². The summed E-state index contributed by atoms with van der Waals surface area (Å²) in [6.07, 6.45) is 7.33. The standard InChI is InChI=1S/C16H25BrN2O/c1-12-10-18-15(13(2)16(12)20-3)11-19(9-8-17)14-6-4-5-7-14/h10,14H,4-9,11H2,1-3H3. The molecular weight excluding hydrogens is 316 g/mol. The monoisotopic (exact) mass is 340 g/mol. The molecule has 0 N–H and O–H groups in total. The molecule has 1 heterocycles. The van der Waals surface area contributed by atoms with Gasteiger partial charge in [-0.05, 0) is 26.7 Å². The Labute approximate surface area is 130 Å². The van der Waals surface area contributed by atoms with E-state index in [0.717, 1.165) is 41.5 Å². The Bertz CT molecular complexity index is 444. The van der Waals surface area contributed by atoms with Crippen molar-refractivity contribution in [1.82, 2.24) is 9.88 Å². The fraction of sp³-hybridized carbons (Fsp3) is 0.688. The fourth-order valence-corrected chi connectivity index (χ4v) is 3.65. The summed E-state index contributed by atoms with van der Waals surface area (Å²) in [5.41, 5.74) is 3.45. The van der Waals surface area contributed by atoms with E-state index in [0.29, 0.717) is 0 Å². The Hall–Kier alpha value is -0.610. The van der Waals surface area contributed by atoms with Gasteiger partial charge in [-0.15, -0.1) is 0 Å². The van der Waals surface area contributed by atoms with Gasteiger partial charge >= 0.3 is 0 Å². The lowest BCUT2D eigenvalue weighted by Crippen LogP contribution is -2.34. The van der Waals surface area contributed by atoms with E-state index in [1.807, 2.05) is 6.20 Å². The molecule has 0 radical (unpaired) electrons. The summed E-state index contributed by atoms with van der Waals surface area (Å²) in [4.78, 5) is 7.22. The Morgan fingerprint density at radius 3 is 2.65 bits per heavy atom. The van der Waals surface area contributed by atoms with Crippen LogP contribution in [0.5, 0.6) is 5.75 Å². The van der Waals surface area contributed by atoms with Crippen LogP contribution in [-0.2, 0) is 6.54 Å². The predicted octanol–water partition coefficient (Wildman–Crippen LogP) is 3.85. The highest BCUT2D eigenvalue weighted by molar-refractivity contribution is 9.09. The zero-order chi connectivity index (χ0) is 14.5. The molecule has 3 nitrogen and oxygen atoms in total. The molecule has 1 saturated carbocycles. The third-order valence-corrected chi connectivity index (χ3v) is 4.67.